The summed E-state index contributed by atoms with van der Waals surface area (Å²) in [4.78, 5) is 16.6. The molecule has 0 heterocycles. The lowest BCUT2D eigenvalue weighted by Crippen LogP contribution is -2.42. The standard InChI is InChI=1S/C27H44N4O/c1-19(32)22-6-5-7-25(17-22)31-26(29-18-27(2,3)4)30-24-14-10-21(11-15-24)16-20-8-12-23(28)13-9-20/h5-7,17,20-21,23-24H,8-16,18,28H2,1-4H3,(H2,29,30,31). The number of hydrogen-bond acceptors (Lipinski definition) is 3. The molecule has 0 spiro atoms. The SMILES string of the molecule is CC(=O)c1cccc(NC(=NCC(C)(C)C)NC2CCC(CC3CCC(N)CC3)CC2)c1. The number of anilines is 1. The second-order valence-corrected chi connectivity index (χ2v) is 11.4. The van der Waals surface area contributed by atoms with Crippen molar-refractivity contribution in [2.45, 2.75) is 97.6 Å². The van der Waals surface area contributed by atoms with Gasteiger partial charge in [0.1, 0.15) is 0 Å². The summed E-state index contributed by atoms with van der Waals surface area (Å²) in [5.41, 5.74) is 7.82. The number of rotatable bonds is 6. The van der Waals surface area contributed by atoms with Gasteiger partial charge in [-0.25, -0.2) is 0 Å². The molecule has 2 aliphatic carbocycles. The zero-order valence-corrected chi connectivity index (χ0v) is 20.6. The van der Waals surface area contributed by atoms with Crippen molar-refractivity contribution in [2.24, 2.45) is 28.0 Å². The Bertz CT molecular complexity index is 766. The fourth-order valence-electron chi connectivity index (χ4n) is 5.02. The van der Waals surface area contributed by atoms with Crippen molar-refractivity contribution in [2.75, 3.05) is 11.9 Å². The summed E-state index contributed by atoms with van der Waals surface area (Å²) in [7, 11) is 0. The van der Waals surface area contributed by atoms with Crippen LogP contribution in [0.2, 0.25) is 0 Å². The number of Topliss-reactive ketones (excluding diaryl/α,β-unsaturated/α-hetero) is 1. The molecule has 2 saturated carbocycles. The maximum absolute atomic E-state index is 11.8. The lowest BCUT2D eigenvalue weighted by Gasteiger charge is -2.34. The van der Waals surface area contributed by atoms with Crippen molar-refractivity contribution in [1.82, 2.24) is 5.32 Å². The molecule has 0 aromatic heterocycles. The van der Waals surface area contributed by atoms with E-state index in [4.69, 9.17) is 10.7 Å². The smallest absolute Gasteiger partial charge is 0.196 e. The highest BCUT2D eigenvalue weighted by Gasteiger charge is 2.26. The van der Waals surface area contributed by atoms with Gasteiger partial charge in [-0.15, -0.1) is 0 Å². The van der Waals surface area contributed by atoms with Gasteiger partial charge in [-0.1, -0.05) is 32.9 Å². The first kappa shape index (κ1) is 24.8. The van der Waals surface area contributed by atoms with Crippen LogP contribution in [0.15, 0.2) is 29.3 Å². The van der Waals surface area contributed by atoms with Crippen molar-refractivity contribution >= 4 is 17.4 Å². The molecule has 0 amide bonds. The van der Waals surface area contributed by atoms with Crippen molar-refractivity contribution in [3.05, 3.63) is 29.8 Å². The molecular weight excluding hydrogens is 396 g/mol. The first-order valence-electron chi connectivity index (χ1n) is 12.6. The summed E-state index contributed by atoms with van der Waals surface area (Å²) in [6, 6.07) is 8.57. The third-order valence-corrected chi connectivity index (χ3v) is 6.99. The van der Waals surface area contributed by atoms with Crippen LogP contribution in [0.25, 0.3) is 0 Å². The van der Waals surface area contributed by atoms with Gasteiger partial charge in [0.05, 0.1) is 0 Å². The normalized spacial score (nSPS) is 27.1. The van der Waals surface area contributed by atoms with Crippen LogP contribution in [0.5, 0.6) is 0 Å². The largest absolute Gasteiger partial charge is 0.353 e. The van der Waals surface area contributed by atoms with E-state index in [9.17, 15) is 4.79 Å². The van der Waals surface area contributed by atoms with Gasteiger partial charge in [0.25, 0.3) is 0 Å². The Morgan fingerprint density at radius 1 is 1.03 bits per heavy atom. The molecular formula is C27H44N4O. The van der Waals surface area contributed by atoms with E-state index in [1.54, 1.807) is 6.92 Å². The predicted molar refractivity (Wildman–Crippen MR) is 135 cm³/mol. The number of hydrogen-bond donors (Lipinski definition) is 3. The Morgan fingerprint density at radius 2 is 1.66 bits per heavy atom. The predicted octanol–water partition coefficient (Wildman–Crippen LogP) is 5.76. The summed E-state index contributed by atoms with van der Waals surface area (Å²) < 4.78 is 0. The van der Waals surface area contributed by atoms with Crippen LogP contribution in [0.1, 0.15) is 95.8 Å². The van der Waals surface area contributed by atoms with Crippen LogP contribution in [0.4, 0.5) is 5.69 Å². The van der Waals surface area contributed by atoms with E-state index in [1.165, 1.54) is 57.8 Å². The monoisotopic (exact) mass is 440 g/mol. The summed E-state index contributed by atoms with van der Waals surface area (Å²) in [5.74, 6) is 2.66. The number of nitrogens with zero attached hydrogens (tertiary/aromatic N) is 1. The van der Waals surface area contributed by atoms with Crippen LogP contribution in [-0.4, -0.2) is 30.4 Å². The quantitative estimate of drug-likeness (QED) is 0.298. The first-order chi connectivity index (χ1) is 15.2. The minimum Gasteiger partial charge on any atom is -0.353 e. The van der Waals surface area contributed by atoms with Gasteiger partial charge >= 0.3 is 0 Å². The molecule has 5 nitrogen and oxygen atoms in total. The molecule has 4 N–H and O–H groups in total. The molecule has 5 heteroatoms. The van der Waals surface area contributed by atoms with Gasteiger partial charge in [0.15, 0.2) is 11.7 Å². The number of nitrogens with one attached hydrogen (secondary N) is 2. The molecule has 3 rings (SSSR count). The zero-order chi connectivity index (χ0) is 23.1. The average Bonchev–Trinajstić information content (AvgIpc) is 2.75. The van der Waals surface area contributed by atoms with Gasteiger partial charge in [-0.2, -0.15) is 0 Å². The summed E-state index contributed by atoms with van der Waals surface area (Å²) in [6.07, 6.45) is 11.5. The van der Waals surface area contributed by atoms with Gasteiger partial charge in [0, 0.05) is 29.9 Å². The topological polar surface area (TPSA) is 79.5 Å². The molecule has 0 radical (unpaired) electrons. The molecule has 2 aliphatic rings. The highest BCUT2D eigenvalue weighted by atomic mass is 16.1. The van der Waals surface area contributed by atoms with Crippen molar-refractivity contribution in [3.63, 3.8) is 0 Å². The van der Waals surface area contributed by atoms with E-state index >= 15 is 0 Å². The number of aliphatic imine (C=N–C) groups is 1. The van der Waals surface area contributed by atoms with E-state index < -0.39 is 0 Å². The Balaban J connectivity index is 1.55. The highest BCUT2D eigenvalue weighted by Crippen LogP contribution is 2.35. The molecule has 0 aliphatic heterocycles. The van der Waals surface area contributed by atoms with Crippen molar-refractivity contribution in [1.29, 1.82) is 0 Å². The second-order valence-electron chi connectivity index (χ2n) is 11.4. The Labute approximate surface area is 195 Å². The molecule has 0 bridgehead atoms. The molecule has 0 atom stereocenters. The minimum absolute atomic E-state index is 0.0769. The summed E-state index contributed by atoms with van der Waals surface area (Å²) >= 11 is 0. The Morgan fingerprint density at radius 3 is 2.25 bits per heavy atom. The summed E-state index contributed by atoms with van der Waals surface area (Å²) in [6.45, 7) is 8.95. The molecule has 1 aromatic carbocycles. The number of guanidine groups is 1. The molecule has 32 heavy (non-hydrogen) atoms. The van der Waals surface area contributed by atoms with E-state index in [-0.39, 0.29) is 11.2 Å². The second kappa shape index (κ2) is 11.3. The number of benzene rings is 1. The van der Waals surface area contributed by atoms with Crippen LogP contribution in [0, 0.1) is 17.3 Å². The number of carbonyl (C=O) groups is 1. The number of carbonyl (C=O) groups excluding carboxylic acids is 1. The van der Waals surface area contributed by atoms with E-state index in [0.717, 1.165) is 30.0 Å². The third-order valence-electron chi connectivity index (χ3n) is 6.99. The van der Waals surface area contributed by atoms with Gasteiger partial charge in [0.2, 0.25) is 0 Å². The number of ketones is 1. The molecule has 2 fully saturated rings. The lowest BCUT2D eigenvalue weighted by atomic mass is 9.76. The lowest BCUT2D eigenvalue weighted by molar-refractivity contribution is 0.101. The summed E-state index contributed by atoms with van der Waals surface area (Å²) in [5, 5.41) is 7.14. The van der Waals surface area contributed by atoms with Gasteiger partial charge < -0.3 is 16.4 Å². The van der Waals surface area contributed by atoms with Crippen LogP contribution < -0.4 is 16.4 Å². The maximum atomic E-state index is 11.8. The van der Waals surface area contributed by atoms with Crippen LogP contribution in [0.3, 0.4) is 0 Å². The van der Waals surface area contributed by atoms with E-state index in [0.29, 0.717) is 17.6 Å². The highest BCUT2D eigenvalue weighted by molar-refractivity contribution is 5.98. The zero-order valence-electron chi connectivity index (χ0n) is 20.6. The average molecular weight is 441 g/mol. The maximum Gasteiger partial charge on any atom is 0.196 e. The van der Waals surface area contributed by atoms with Crippen molar-refractivity contribution in [3.8, 4) is 0 Å². The van der Waals surface area contributed by atoms with Gasteiger partial charge in [-0.3, -0.25) is 9.79 Å². The molecule has 0 saturated heterocycles. The van der Waals surface area contributed by atoms with Crippen LogP contribution in [-0.2, 0) is 0 Å². The third kappa shape index (κ3) is 8.23. The van der Waals surface area contributed by atoms with E-state index in [2.05, 4.69) is 31.4 Å². The molecule has 0 unspecified atom stereocenters. The van der Waals surface area contributed by atoms with E-state index in [1.807, 2.05) is 24.3 Å². The Kier molecular flexibility index (Phi) is 8.75. The van der Waals surface area contributed by atoms with Crippen LogP contribution >= 0.6 is 0 Å². The number of nitrogens with two attached hydrogens (primary N) is 1. The molecule has 1 aromatic rings. The van der Waals surface area contributed by atoms with Gasteiger partial charge in [-0.05, 0) is 94.1 Å². The Hall–Kier alpha value is -1.88. The van der Waals surface area contributed by atoms with Crippen molar-refractivity contribution < 1.29 is 4.79 Å². The minimum atomic E-state index is 0.0769. The molecule has 178 valence electrons. The fraction of sp³-hybridized carbons (Fsp3) is 0.704. The fourth-order valence-corrected chi connectivity index (χ4v) is 5.02. The first-order valence-corrected chi connectivity index (χ1v) is 12.6.